The summed E-state index contributed by atoms with van der Waals surface area (Å²) in [6.45, 7) is 0.258. The van der Waals surface area contributed by atoms with Crippen molar-refractivity contribution in [3.05, 3.63) is 53.1 Å². The molecule has 0 radical (unpaired) electrons. The van der Waals surface area contributed by atoms with Gasteiger partial charge in [-0.1, -0.05) is 0 Å². The summed E-state index contributed by atoms with van der Waals surface area (Å²) in [7, 11) is 0. The zero-order valence-corrected chi connectivity index (χ0v) is 8.80. The predicted octanol–water partition coefficient (Wildman–Crippen LogP) is 1.75. The fraction of sp³-hybridized carbons (Fsp3) is 0.0833. The van der Waals surface area contributed by atoms with E-state index in [-0.39, 0.29) is 6.54 Å². The Hall–Kier alpha value is -2.48. The Balaban J connectivity index is 2.32. The Morgan fingerprint density at radius 1 is 1.53 bits per heavy atom. The van der Waals surface area contributed by atoms with Gasteiger partial charge in [-0.05, 0) is 23.8 Å². The number of nitriles is 1. The van der Waals surface area contributed by atoms with Crippen LogP contribution in [0.1, 0.15) is 21.5 Å². The molecule has 1 heterocycles. The lowest BCUT2D eigenvalue weighted by molar-refractivity contribution is 0.112. The maximum absolute atomic E-state index is 13.1. The van der Waals surface area contributed by atoms with Crippen LogP contribution in [0.15, 0.2) is 30.6 Å². The van der Waals surface area contributed by atoms with Gasteiger partial charge in [-0.2, -0.15) is 10.4 Å². The number of aromatic nitrogens is 2. The van der Waals surface area contributed by atoms with Gasteiger partial charge in [-0.3, -0.25) is 9.48 Å². The first-order valence-electron chi connectivity index (χ1n) is 4.89. The second-order valence-corrected chi connectivity index (χ2v) is 3.50. The Morgan fingerprint density at radius 2 is 2.35 bits per heavy atom. The summed E-state index contributed by atoms with van der Waals surface area (Å²) in [5.74, 6) is -0.401. The van der Waals surface area contributed by atoms with Gasteiger partial charge in [0.2, 0.25) is 0 Å². The molecule has 1 aromatic carbocycles. The molecular formula is C12H8FN3O. The van der Waals surface area contributed by atoms with E-state index in [0.717, 1.165) is 0 Å². The first kappa shape index (κ1) is 11.0. The lowest BCUT2D eigenvalue weighted by Gasteiger charge is -2.04. The standard InChI is InChI=1S/C12H8FN3O/c13-12-2-1-10(4-14)11(3-12)7-16-6-9(8-17)5-15-16/h1-3,5-6,8H,7H2. The van der Waals surface area contributed by atoms with Crippen molar-refractivity contribution in [2.24, 2.45) is 0 Å². The molecule has 5 heteroatoms. The van der Waals surface area contributed by atoms with Crippen molar-refractivity contribution in [1.82, 2.24) is 9.78 Å². The highest BCUT2D eigenvalue weighted by Gasteiger charge is 2.05. The number of carbonyl (C=O) groups excluding carboxylic acids is 1. The van der Waals surface area contributed by atoms with Gasteiger partial charge in [0.1, 0.15) is 5.82 Å². The van der Waals surface area contributed by atoms with Crippen LogP contribution in [0.2, 0.25) is 0 Å². The van der Waals surface area contributed by atoms with E-state index in [1.54, 1.807) is 6.20 Å². The number of hydrogen-bond donors (Lipinski definition) is 0. The second-order valence-electron chi connectivity index (χ2n) is 3.50. The van der Waals surface area contributed by atoms with E-state index >= 15 is 0 Å². The van der Waals surface area contributed by atoms with E-state index in [1.165, 1.54) is 29.1 Å². The lowest BCUT2D eigenvalue weighted by atomic mass is 10.1. The average molecular weight is 229 g/mol. The number of aldehydes is 1. The highest BCUT2D eigenvalue weighted by atomic mass is 19.1. The van der Waals surface area contributed by atoms with Crippen molar-refractivity contribution in [1.29, 1.82) is 5.26 Å². The number of benzene rings is 1. The number of hydrogen-bond acceptors (Lipinski definition) is 3. The Kier molecular flexibility index (Phi) is 2.97. The van der Waals surface area contributed by atoms with Crippen LogP contribution in [0.4, 0.5) is 4.39 Å². The molecular weight excluding hydrogens is 221 g/mol. The van der Waals surface area contributed by atoms with Crippen LogP contribution in [-0.4, -0.2) is 16.1 Å². The highest BCUT2D eigenvalue weighted by molar-refractivity contribution is 5.73. The van der Waals surface area contributed by atoms with Crippen molar-refractivity contribution < 1.29 is 9.18 Å². The summed E-state index contributed by atoms with van der Waals surface area (Å²) in [5, 5.41) is 12.8. The summed E-state index contributed by atoms with van der Waals surface area (Å²) in [6, 6.07) is 5.94. The minimum atomic E-state index is -0.401. The Morgan fingerprint density at radius 3 is 3.00 bits per heavy atom. The van der Waals surface area contributed by atoms with Gasteiger partial charge in [0.05, 0.1) is 29.9 Å². The summed E-state index contributed by atoms with van der Waals surface area (Å²) in [5.41, 5.74) is 1.38. The molecule has 4 nitrogen and oxygen atoms in total. The zero-order chi connectivity index (χ0) is 12.3. The fourth-order valence-electron chi connectivity index (χ4n) is 1.50. The van der Waals surface area contributed by atoms with E-state index < -0.39 is 5.82 Å². The first-order chi connectivity index (χ1) is 8.22. The minimum Gasteiger partial charge on any atom is -0.298 e. The summed E-state index contributed by atoms with van der Waals surface area (Å²) in [6.07, 6.45) is 3.64. The number of nitrogens with zero attached hydrogens (tertiary/aromatic N) is 3. The summed E-state index contributed by atoms with van der Waals surface area (Å²) >= 11 is 0. The molecule has 1 aromatic heterocycles. The molecule has 0 aliphatic rings. The molecule has 0 saturated heterocycles. The molecule has 0 aliphatic heterocycles. The van der Waals surface area contributed by atoms with Crippen LogP contribution in [0.3, 0.4) is 0 Å². The molecule has 0 aliphatic carbocycles. The number of rotatable bonds is 3. The van der Waals surface area contributed by atoms with E-state index in [1.807, 2.05) is 6.07 Å². The molecule has 0 amide bonds. The van der Waals surface area contributed by atoms with Gasteiger partial charge < -0.3 is 0 Å². The molecule has 0 saturated carbocycles. The molecule has 0 fully saturated rings. The van der Waals surface area contributed by atoms with Crippen LogP contribution in [0, 0.1) is 17.1 Å². The number of halogens is 1. The second kappa shape index (κ2) is 4.58. The van der Waals surface area contributed by atoms with Gasteiger partial charge in [0.25, 0.3) is 0 Å². The van der Waals surface area contributed by atoms with Gasteiger partial charge in [0.15, 0.2) is 6.29 Å². The van der Waals surface area contributed by atoms with Gasteiger partial charge in [-0.15, -0.1) is 0 Å². The Labute approximate surface area is 96.9 Å². The van der Waals surface area contributed by atoms with Crippen LogP contribution < -0.4 is 0 Å². The maximum Gasteiger partial charge on any atom is 0.153 e. The molecule has 84 valence electrons. The molecule has 0 spiro atoms. The SMILES string of the molecule is N#Cc1ccc(F)cc1Cn1cc(C=O)cn1. The smallest absolute Gasteiger partial charge is 0.153 e. The summed E-state index contributed by atoms with van der Waals surface area (Å²) in [4.78, 5) is 10.5. The van der Waals surface area contributed by atoms with E-state index in [2.05, 4.69) is 5.10 Å². The molecule has 0 atom stereocenters. The van der Waals surface area contributed by atoms with Crippen molar-refractivity contribution >= 4 is 6.29 Å². The van der Waals surface area contributed by atoms with E-state index in [9.17, 15) is 9.18 Å². The molecule has 0 N–H and O–H groups in total. The maximum atomic E-state index is 13.1. The molecule has 2 rings (SSSR count). The zero-order valence-electron chi connectivity index (χ0n) is 8.80. The van der Waals surface area contributed by atoms with Crippen LogP contribution in [-0.2, 0) is 6.54 Å². The van der Waals surface area contributed by atoms with Gasteiger partial charge in [0, 0.05) is 6.20 Å². The van der Waals surface area contributed by atoms with Gasteiger partial charge >= 0.3 is 0 Å². The topological polar surface area (TPSA) is 58.7 Å². The van der Waals surface area contributed by atoms with E-state index in [0.29, 0.717) is 23.0 Å². The lowest BCUT2D eigenvalue weighted by Crippen LogP contribution is -2.02. The Bertz CT molecular complexity index is 598. The van der Waals surface area contributed by atoms with Crippen molar-refractivity contribution in [3.8, 4) is 6.07 Å². The minimum absolute atomic E-state index is 0.258. The predicted molar refractivity (Wildman–Crippen MR) is 57.8 cm³/mol. The first-order valence-corrected chi connectivity index (χ1v) is 4.89. The normalized spacial score (nSPS) is 9.88. The third-order valence-electron chi connectivity index (χ3n) is 2.31. The van der Waals surface area contributed by atoms with Crippen molar-refractivity contribution in [3.63, 3.8) is 0 Å². The molecule has 17 heavy (non-hydrogen) atoms. The largest absolute Gasteiger partial charge is 0.298 e. The fourth-order valence-corrected chi connectivity index (χ4v) is 1.50. The summed E-state index contributed by atoms with van der Waals surface area (Å²) < 4.78 is 14.5. The van der Waals surface area contributed by atoms with Crippen molar-refractivity contribution in [2.75, 3.05) is 0 Å². The third kappa shape index (κ3) is 2.37. The van der Waals surface area contributed by atoms with Crippen LogP contribution in [0.25, 0.3) is 0 Å². The third-order valence-corrected chi connectivity index (χ3v) is 2.31. The number of carbonyl (C=O) groups is 1. The van der Waals surface area contributed by atoms with E-state index in [4.69, 9.17) is 5.26 Å². The molecule has 0 bridgehead atoms. The highest BCUT2D eigenvalue weighted by Crippen LogP contribution is 2.12. The molecule has 2 aromatic rings. The quantitative estimate of drug-likeness (QED) is 0.753. The van der Waals surface area contributed by atoms with Crippen LogP contribution in [0.5, 0.6) is 0 Å². The van der Waals surface area contributed by atoms with Crippen LogP contribution >= 0.6 is 0 Å². The monoisotopic (exact) mass is 229 g/mol. The van der Waals surface area contributed by atoms with Crippen molar-refractivity contribution in [2.45, 2.75) is 6.54 Å². The average Bonchev–Trinajstić information content (AvgIpc) is 2.77. The molecule has 0 unspecified atom stereocenters. The van der Waals surface area contributed by atoms with Gasteiger partial charge in [-0.25, -0.2) is 4.39 Å².